The Hall–Kier alpha value is -1.88. The number of amides is 2. The molecule has 0 radical (unpaired) electrons. The monoisotopic (exact) mass is 262 g/mol. The molecule has 0 saturated heterocycles. The molecule has 0 unspecified atom stereocenters. The summed E-state index contributed by atoms with van der Waals surface area (Å²) in [7, 11) is 0. The largest absolute Gasteiger partial charge is 0.394 e. The highest BCUT2D eigenvalue weighted by Crippen LogP contribution is 2.24. The maximum absolute atomic E-state index is 12.1. The molecular formula is C14H18N2O3. The molecule has 2 rings (SSSR count). The van der Waals surface area contributed by atoms with Crippen LogP contribution in [0.5, 0.6) is 0 Å². The SMILES string of the molecule is CC(C)[C@@H](CO)NC(=O)c1ccc2c(c1)NC(=O)C2. The second kappa shape index (κ2) is 5.40. The average Bonchev–Trinajstić information content (AvgIpc) is 2.74. The van der Waals surface area contributed by atoms with Gasteiger partial charge in [0.05, 0.1) is 19.1 Å². The zero-order chi connectivity index (χ0) is 14.0. The molecule has 1 aromatic carbocycles. The second-order valence-corrected chi connectivity index (χ2v) is 5.10. The topological polar surface area (TPSA) is 78.4 Å². The molecule has 102 valence electrons. The molecule has 0 spiro atoms. The van der Waals surface area contributed by atoms with E-state index in [9.17, 15) is 14.7 Å². The smallest absolute Gasteiger partial charge is 0.251 e. The molecule has 0 fully saturated rings. The lowest BCUT2D eigenvalue weighted by Crippen LogP contribution is -2.41. The van der Waals surface area contributed by atoms with Crippen molar-refractivity contribution in [3.05, 3.63) is 29.3 Å². The lowest BCUT2D eigenvalue weighted by molar-refractivity contribution is -0.115. The Morgan fingerprint density at radius 3 is 2.84 bits per heavy atom. The van der Waals surface area contributed by atoms with Crippen LogP contribution in [0.25, 0.3) is 0 Å². The van der Waals surface area contributed by atoms with Gasteiger partial charge in [-0.2, -0.15) is 0 Å². The van der Waals surface area contributed by atoms with Gasteiger partial charge in [-0.25, -0.2) is 0 Å². The first kappa shape index (κ1) is 13.5. The number of hydrogen-bond donors (Lipinski definition) is 3. The number of nitrogens with one attached hydrogen (secondary N) is 2. The number of fused-ring (bicyclic) bond motifs is 1. The van der Waals surface area contributed by atoms with Crippen molar-refractivity contribution in [2.75, 3.05) is 11.9 Å². The number of aliphatic hydroxyl groups excluding tert-OH is 1. The molecule has 1 atom stereocenters. The van der Waals surface area contributed by atoms with Gasteiger partial charge >= 0.3 is 0 Å². The summed E-state index contributed by atoms with van der Waals surface area (Å²) in [4.78, 5) is 23.3. The highest BCUT2D eigenvalue weighted by atomic mass is 16.3. The van der Waals surface area contributed by atoms with Gasteiger partial charge in [0.15, 0.2) is 0 Å². The van der Waals surface area contributed by atoms with Crippen molar-refractivity contribution < 1.29 is 14.7 Å². The first-order valence-electron chi connectivity index (χ1n) is 6.35. The van der Waals surface area contributed by atoms with E-state index in [0.717, 1.165) is 5.56 Å². The van der Waals surface area contributed by atoms with E-state index in [1.54, 1.807) is 18.2 Å². The fourth-order valence-corrected chi connectivity index (χ4v) is 2.03. The van der Waals surface area contributed by atoms with E-state index in [1.807, 2.05) is 13.8 Å². The minimum atomic E-state index is -0.268. The normalized spacial score (nSPS) is 15.1. The van der Waals surface area contributed by atoms with E-state index in [2.05, 4.69) is 10.6 Å². The van der Waals surface area contributed by atoms with Crippen LogP contribution in [0.4, 0.5) is 5.69 Å². The quantitative estimate of drug-likeness (QED) is 0.755. The zero-order valence-corrected chi connectivity index (χ0v) is 11.1. The number of carbonyl (C=O) groups is 2. The van der Waals surface area contributed by atoms with Crippen LogP contribution in [0.1, 0.15) is 29.8 Å². The molecule has 3 N–H and O–H groups in total. The standard InChI is InChI=1S/C14H18N2O3/c1-8(2)12(7-17)16-14(19)10-4-3-9-6-13(18)15-11(9)5-10/h3-5,8,12,17H,6-7H2,1-2H3,(H,15,18)(H,16,19)/t12-/m1/s1. The molecule has 1 aliphatic rings. The third-order valence-corrected chi connectivity index (χ3v) is 3.32. The summed E-state index contributed by atoms with van der Waals surface area (Å²) in [5.41, 5.74) is 2.09. The Labute approximate surface area is 112 Å². The Balaban J connectivity index is 2.12. The maximum atomic E-state index is 12.1. The fourth-order valence-electron chi connectivity index (χ4n) is 2.03. The fraction of sp³-hybridized carbons (Fsp3) is 0.429. The number of hydrogen-bond acceptors (Lipinski definition) is 3. The second-order valence-electron chi connectivity index (χ2n) is 5.10. The molecule has 1 heterocycles. The van der Waals surface area contributed by atoms with Crippen molar-refractivity contribution in [2.24, 2.45) is 5.92 Å². The Morgan fingerprint density at radius 2 is 2.21 bits per heavy atom. The lowest BCUT2D eigenvalue weighted by Gasteiger charge is -2.20. The van der Waals surface area contributed by atoms with Crippen LogP contribution in [0.15, 0.2) is 18.2 Å². The summed E-state index contributed by atoms with van der Waals surface area (Å²) in [6.45, 7) is 3.78. The van der Waals surface area contributed by atoms with Crippen molar-refractivity contribution in [1.82, 2.24) is 5.32 Å². The zero-order valence-electron chi connectivity index (χ0n) is 11.1. The van der Waals surface area contributed by atoms with E-state index in [0.29, 0.717) is 17.7 Å². The van der Waals surface area contributed by atoms with Crippen LogP contribution in [0.2, 0.25) is 0 Å². The first-order valence-corrected chi connectivity index (χ1v) is 6.35. The molecule has 5 heteroatoms. The van der Waals surface area contributed by atoms with Gasteiger partial charge in [-0.1, -0.05) is 19.9 Å². The molecule has 0 aliphatic carbocycles. The van der Waals surface area contributed by atoms with E-state index >= 15 is 0 Å². The molecule has 0 saturated carbocycles. The summed E-state index contributed by atoms with van der Waals surface area (Å²) in [6.07, 6.45) is 0.364. The summed E-state index contributed by atoms with van der Waals surface area (Å²) in [5, 5.41) is 14.7. The highest BCUT2D eigenvalue weighted by Gasteiger charge is 2.20. The Morgan fingerprint density at radius 1 is 1.47 bits per heavy atom. The van der Waals surface area contributed by atoms with Gasteiger partial charge in [-0.05, 0) is 23.6 Å². The van der Waals surface area contributed by atoms with Gasteiger partial charge in [0.1, 0.15) is 0 Å². The number of aliphatic hydroxyl groups is 1. The molecule has 0 bridgehead atoms. The third kappa shape index (κ3) is 2.93. The predicted octanol–water partition coefficient (Wildman–Crippen LogP) is 0.928. The maximum Gasteiger partial charge on any atom is 0.251 e. The minimum absolute atomic E-state index is 0.0528. The molecule has 19 heavy (non-hydrogen) atoms. The van der Waals surface area contributed by atoms with Crippen LogP contribution in [0.3, 0.4) is 0 Å². The van der Waals surface area contributed by atoms with Gasteiger partial charge in [-0.3, -0.25) is 9.59 Å². The molecule has 2 amide bonds. The van der Waals surface area contributed by atoms with Crippen molar-refractivity contribution in [2.45, 2.75) is 26.3 Å². The summed E-state index contributed by atoms with van der Waals surface area (Å²) in [6, 6.07) is 4.88. The Bertz CT molecular complexity index is 511. The lowest BCUT2D eigenvalue weighted by atomic mass is 10.0. The van der Waals surface area contributed by atoms with Crippen LogP contribution in [0, 0.1) is 5.92 Å². The number of rotatable bonds is 4. The molecule has 1 aliphatic heterocycles. The summed E-state index contributed by atoms with van der Waals surface area (Å²) >= 11 is 0. The minimum Gasteiger partial charge on any atom is -0.394 e. The van der Waals surface area contributed by atoms with E-state index in [4.69, 9.17) is 0 Å². The molecule has 5 nitrogen and oxygen atoms in total. The number of carbonyl (C=O) groups excluding carboxylic acids is 2. The van der Waals surface area contributed by atoms with E-state index < -0.39 is 0 Å². The van der Waals surface area contributed by atoms with Crippen molar-refractivity contribution in [1.29, 1.82) is 0 Å². The van der Waals surface area contributed by atoms with Gasteiger partial charge in [0, 0.05) is 11.3 Å². The summed E-state index contributed by atoms with van der Waals surface area (Å²) < 4.78 is 0. The van der Waals surface area contributed by atoms with Crippen molar-refractivity contribution in [3.8, 4) is 0 Å². The van der Waals surface area contributed by atoms with Crippen LogP contribution in [-0.2, 0) is 11.2 Å². The molecular weight excluding hydrogens is 244 g/mol. The van der Waals surface area contributed by atoms with Crippen LogP contribution in [-0.4, -0.2) is 29.6 Å². The van der Waals surface area contributed by atoms with Crippen molar-refractivity contribution >= 4 is 17.5 Å². The van der Waals surface area contributed by atoms with Gasteiger partial charge < -0.3 is 15.7 Å². The Kier molecular flexibility index (Phi) is 3.85. The summed E-state index contributed by atoms with van der Waals surface area (Å²) in [5.74, 6) is -0.136. The van der Waals surface area contributed by atoms with Gasteiger partial charge in [0.2, 0.25) is 5.91 Å². The van der Waals surface area contributed by atoms with Crippen LogP contribution < -0.4 is 10.6 Å². The number of benzene rings is 1. The predicted molar refractivity (Wildman–Crippen MR) is 72.0 cm³/mol. The van der Waals surface area contributed by atoms with Gasteiger partial charge in [0.25, 0.3) is 5.91 Å². The average molecular weight is 262 g/mol. The molecule has 0 aromatic heterocycles. The van der Waals surface area contributed by atoms with E-state index in [1.165, 1.54) is 0 Å². The third-order valence-electron chi connectivity index (χ3n) is 3.32. The first-order chi connectivity index (χ1) is 9.01. The number of anilines is 1. The highest BCUT2D eigenvalue weighted by molar-refractivity contribution is 6.02. The van der Waals surface area contributed by atoms with Crippen molar-refractivity contribution in [3.63, 3.8) is 0 Å². The van der Waals surface area contributed by atoms with Gasteiger partial charge in [-0.15, -0.1) is 0 Å². The molecule has 1 aromatic rings. The van der Waals surface area contributed by atoms with Crippen LogP contribution >= 0.6 is 0 Å². The van der Waals surface area contributed by atoms with E-state index in [-0.39, 0.29) is 30.4 Å².